The molecule has 0 N–H and O–H groups in total. The molecule has 1 unspecified atom stereocenters. The van der Waals surface area contributed by atoms with Gasteiger partial charge in [-0.15, -0.1) is 26.2 Å². The fourth-order valence-electron chi connectivity index (χ4n) is 3.12. The highest BCUT2D eigenvalue weighted by molar-refractivity contribution is 7.18. The molecule has 8 heteroatoms. The van der Waals surface area contributed by atoms with Crippen LogP contribution in [-0.2, 0) is 0 Å². The van der Waals surface area contributed by atoms with Gasteiger partial charge in [-0.2, -0.15) is 0 Å². The van der Waals surface area contributed by atoms with Crippen LogP contribution in [0.3, 0.4) is 0 Å². The van der Waals surface area contributed by atoms with Gasteiger partial charge >= 0.3 is 0 Å². The molecule has 0 amide bonds. The maximum absolute atomic E-state index is 4.82. The van der Waals surface area contributed by atoms with E-state index >= 15 is 0 Å². The summed E-state index contributed by atoms with van der Waals surface area (Å²) in [6, 6.07) is 12.4. The summed E-state index contributed by atoms with van der Waals surface area (Å²) in [7, 11) is 0. The standard InChI is InChI=1S/C15H13N7S/c1-2-6-12-10(4-1)16-15(23-12)11-5-3-9-21(11)14-8-7-13-17-19-20-22(13)18-14/h1-2,4,6-8,11H,3,5,9H2. The first-order chi connectivity index (χ1) is 11.4. The van der Waals surface area contributed by atoms with E-state index < -0.39 is 0 Å². The Hall–Kier alpha value is -2.61. The molecule has 1 atom stereocenters. The predicted octanol–water partition coefficient (Wildman–Crippen LogP) is 2.47. The topological polar surface area (TPSA) is 72.1 Å². The summed E-state index contributed by atoms with van der Waals surface area (Å²) >= 11 is 1.77. The largest absolute Gasteiger partial charge is 0.346 e. The van der Waals surface area contributed by atoms with Crippen LogP contribution in [0.2, 0.25) is 0 Å². The molecule has 0 aliphatic carbocycles. The van der Waals surface area contributed by atoms with Crippen molar-refractivity contribution >= 4 is 33.0 Å². The number of anilines is 1. The lowest BCUT2D eigenvalue weighted by Gasteiger charge is -2.23. The van der Waals surface area contributed by atoms with E-state index in [1.807, 2.05) is 18.2 Å². The van der Waals surface area contributed by atoms with Crippen molar-refractivity contribution in [1.82, 2.24) is 30.2 Å². The molecule has 114 valence electrons. The van der Waals surface area contributed by atoms with Crippen molar-refractivity contribution < 1.29 is 0 Å². The molecule has 4 heterocycles. The van der Waals surface area contributed by atoms with Crippen LogP contribution in [0.5, 0.6) is 0 Å². The summed E-state index contributed by atoms with van der Waals surface area (Å²) in [5.74, 6) is 0.895. The summed E-state index contributed by atoms with van der Waals surface area (Å²) in [4.78, 5) is 7.13. The van der Waals surface area contributed by atoms with Crippen LogP contribution in [0.25, 0.3) is 15.9 Å². The monoisotopic (exact) mass is 323 g/mol. The van der Waals surface area contributed by atoms with Crippen molar-refractivity contribution in [2.75, 3.05) is 11.4 Å². The highest BCUT2D eigenvalue weighted by Gasteiger charge is 2.30. The van der Waals surface area contributed by atoms with E-state index in [2.05, 4.69) is 43.7 Å². The zero-order valence-corrected chi connectivity index (χ0v) is 13.0. The maximum atomic E-state index is 4.82. The minimum Gasteiger partial charge on any atom is -0.346 e. The van der Waals surface area contributed by atoms with Crippen LogP contribution >= 0.6 is 11.3 Å². The van der Waals surface area contributed by atoms with Crippen molar-refractivity contribution in [3.8, 4) is 0 Å². The van der Waals surface area contributed by atoms with Crippen molar-refractivity contribution in [2.45, 2.75) is 18.9 Å². The second-order valence-electron chi connectivity index (χ2n) is 5.59. The quantitative estimate of drug-likeness (QED) is 0.564. The normalized spacial score (nSPS) is 18.3. The number of aromatic nitrogens is 6. The minimum absolute atomic E-state index is 0.272. The molecule has 1 aliphatic rings. The molecule has 7 nitrogen and oxygen atoms in total. The van der Waals surface area contributed by atoms with Crippen molar-refractivity contribution in [3.63, 3.8) is 0 Å². The molecule has 1 aliphatic heterocycles. The number of tetrazole rings is 1. The van der Waals surface area contributed by atoms with Gasteiger partial charge in [0, 0.05) is 6.54 Å². The number of hydrogen-bond acceptors (Lipinski definition) is 7. The van der Waals surface area contributed by atoms with E-state index in [0.717, 1.165) is 35.7 Å². The molecular weight excluding hydrogens is 310 g/mol. The summed E-state index contributed by atoms with van der Waals surface area (Å²) in [6.07, 6.45) is 2.23. The van der Waals surface area contributed by atoms with Gasteiger partial charge in [-0.3, -0.25) is 0 Å². The molecule has 23 heavy (non-hydrogen) atoms. The van der Waals surface area contributed by atoms with Crippen LogP contribution in [-0.4, -0.2) is 36.8 Å². The summed E-state index contributed by atoms with van der Waals surface area (Å²) in [5, 5.41) is 17.1. The summed E-state index contributed by atoms with van der Waals surface area (Å²) in [6.45, 7) is 0.973. The third kappa shape index (κ3) is 2.06. The van der Waals surface area contributed by atoms with Gasteiger partial charge < -0.3 is 4.90 Å². The number of thiazole rings is 1. The van der Waals surface area contributed by atoms with Crippen LogP contribution in [0.15, 0.2) is 36.4 Å². The molecule has 5 rings (SSSR count). The molecule has 0 spiro atoms. The molecule has 0 bridgehead atoms. The molecule has 0 radical (unpaired) electrons. The predicted molar refractivity (Wildman–Crippen MR) is 87.5 cm³/mol. The molecule has 1 fully saturated rings. The average molecular weight is 323 g/mol. The number of rotatable bonds is 2. The van der Waals surface area contributed by atoms with E-state index in [0.29, 0.717) is 5.65 Å². The third-order valence-electron chi connectivity index (χ3n) is 4.20. The Balaban J connectivity index is 1.56. The zero-order valence-electron chi connectivity index (χ0n) is 12.2. The first-order valence-corrected chi connectivity index (χ1v) is 8.38. The fourth-order valence-corrected chi connectivity index (χ4v) is 4.24. The molecule has 3 aromatic heterocycles. The molecular formula is C15H13N7S. The highest BCUT2D eigenvalue weighted by atomic mass is 32.1. The van der Waals surface area contributed by atoms with Gasteiger partial charge in [-0.1, -0.05) is 12.1 Å². The Morgan fingerprint density at radius 2 is 2.09 bits per heavy atom. The van der Waals surface area contributed by atoms with Gasteiger partial charge in [0.05, 0.1) is 16.3 Å². The van der Waals surface area contributed by atoms with Gasteiger partial charge in [-0.05, 0) is 47.5 Å². The van der Waals surface area contributed by atoms with Crippen LogP contribution in [0.1, 0.15) is 23.9 Å². The smallest absolute Gasteiger partial charge is 0.200 e. The number of hydrogen-bond donors (Lipinski definition) is 0. The van der Waals surface area contributed by atoms with Crippen molar-refractivity contribution in [3.05, 3.63) is 41.4 Å². The molecule has 4 aromatic rings. The van der Waals surface area contributed by atoms with Crippen molar-refractivity contribution in [2.24, 2.45) is 0 Å². The van der Waals surface area contributed by atoms with E-state index in [-0.39, 0.29) is 6.04 Å². The van der Waals surface area contributed by atoms with E-state index in [4.69, 9.17) is 4.98 Å². The highest BCUT2D eigenvalue weighted by Crippen LogP contribution is 2.38. The number of benzene rings is 1. The SMILES string of the molecule is c1ccc2sc(C3CCCN3c3ccc4nnnn4n3)nc2c1. The van der Waals surface area contributed by atoms with E-state index in [9.17, 15) is 0 Å². The van der Waals surface area contributed by atoms with E-state index in [1.165, 1.54) is 9.33 Å². The van der Waals surface area contributed by atoms with Gasteiger partial charge in [0.2, 0.25) is 0 Å². The maximum Gasteiger partial charge on any atom is 0.200 e. The summed E-state index contributed by atoms with van der Waals surface area (Å²) < 4.78 is 2.71. The number of fused-ring (bicyclic) bond motifs is 2. The molecule has 1 saturated heterocycles. The zero-order chi connectivity index (χ0) is 15.2. The lowest BCUT2D eigenvalue weighted by atomic mass is 10.2. The Morgan fingerprint density at radius 1 is 1.13 bits per heavy atom. The first kappa shape index (κ1) is 12.9. The molecule has 0 saturated carbocycles. The second-order valence-corrected chi connectivity index (χ2v) is 6.65. The fraction of sp³-hybridized carbons (Fsp3) is 0.267. The number of nitrogens with zero attached hydrogens (tertiary/aromatic N) is 7. The average Bonchev–Trinajstić information content (AvgIpc) is 3.31. The van der Waals surface area contributed by atoms with Gasteiger partial charge in [0.1, 0.15) is 5.01 Å². The summed E-state index contributed by atoms with van der Waals surface area (Å²) in [5.41, 5.74) is 1.73. The molecule has 1 aromatic carbocycles. The van der Waals surface area contributed by atoms with Gasteiger partial charge in [0.25, 0.3) is 0 Å². The lowest BCUT2D eigenvalue weighted by Crippen LogP contribution is -2.24. The third-order valence-corrected chi connectivity index (χ3v) is 5.34. The van der Waals surface area contributed by atoms with Gasteiger partial charge in [-0.25, -0.2) is 4.98 Å². The Kier molecular flexibility index (Phi) is 2.77. The minimum atomic E-state index is 0.272. The number of para-hydroxylation sites is 1. The first-order valence-electron chi connectivity index (χ1n) is 7.56. The Labute approximate surface area is 135 Å². The van der Waals surface area contributed by atoms with Gasteiger partial charge in [0.15, 0.2) is 11.5 Å². The van der Waals surface area contributed by atoms with Crippen molar-refractivity contribution in [1.29, 1.82) is 0 Å². The van der Waals surface area contributed by atoms with Crippen LogP contribution < -0.4 is 4.90 Å². The Bertz CT molecular complexity index is 951. The Morgan fingerprint density at radius 3 is 3.04 bits per heavy atom. The van der Waals surface area contributed by atoms with Crippen LogP contribution in [0.4, 0.5) is 5.82 Å². The second kappa shape index (κ2) is 4.95. The van der Waals surface area contributed by atoms with E-state index in [1.54, 1.807) is 11.3 Å². The van der Waals surface area contributed by atoms with Crippen LogP contribution in [0, 0.1) is 0 Å². The lowest BCUT2D eigenvalue weighted by molar-refractivity contribution is 0.677.